The van der Waals surface area contributed by atoms with Crippen molar-refractivity contribution in [1.82, 2.24) is 10.6 Å². The maximum atomic E-state index is 11.6. The summed E-state index contributed by atoms with van der Waals surface area (Å²) in [7, 11) is 0. The molecule has 23 heavy (non-hydrogen) atoms. The Balaban J connectivity index is 2.49. The van der Waals surface area contributed by atoms with E-state index < -0.39 is 6.10 Å². The highest BCUT2D eigenvalue weighted by Gasteiger charge is 2.08. The van der Waals surface area contributed by atoms with Crippen LogP contribution in [0.5, 0.6) is 5.75 Å². The highest BCUT2D eigenvalue weighted by Crippen LogP contribution is 2.22. The first kappa shape index (κ1) is 19.0. The summed E-state index contributed by atoms with van der Waals surface area (Å²) in [4.78, 5) is 11.6. The lowest BCUT2D eigenvalue weighted by molar-refractivity contribution is 0.104. The zero-order valence-electron chi connectivity index (χ0n) is 14.1. The number of nitrogens with one attached hydrogen (secondary N) is 3. The number of ether oxygens (including phenoxy) is 1. The molecule has 2 amide bonds. The van der Waals surface area contributed by atoms with E-state index in [1.807, 2.05) is 26.8 Å². The van der Waals surface area contributed by atoms with Crippen LogP contribution in [-0.4, -0.2) is 43.0 Å². The third-order valence-corrected chi connectivity index (χ3v) is 3.03. The number of carbonyl (C=O) groups is 1. The van der Waals surface area contributed by atoms with E-state index in [9.17, 15) is 9.90 Å². The molecule has 0 saturated heterocycles. The molecule has 0 spiro atoms. The molecule has 1 aromatic carbocycles. The molecule has 0 fully saturated rings. The summed E-state index contributed by atoms with van der Waals surface area (Å²) < 4.78 is 5.62. The molecule has 0 saturated carbocycles. The van der Waals surface area contributed by atoms with Crippen LogP contribution in [0, 0.1) is 6.92 Å². The third-order valence-electron chi connectivity index (χ3n) is 3.03. The largest absolute Gasteiger partial charge is 0.491 e. The standard InChI is InChI=1S/C17H27N3O3/c1-5-8-18-17(22)20-14-6-7-16(13(4)9-14)23-11-15(21)10-19-12(2)3/h5-7,9,12,15,19,21H,1,8,10-11H2,2-4H3,(H2,18,20,22). The maximum Gasteiger partial charge on any atom is 0.319 e. The average Bonchev–Trinajstić information content (AvgIpc) is 2.50. The minimum Gasteiger partial charge on any atom is -0.491 e. The average molecular weight is 321 g/mol. The Labute approximate surface area is 137 Å². The number of aliphatic hydroxyl groups is 1. The number of amides is 2. The summed E-state index contributed by atoms with van der Waals surface area (Å²) in [5.74, 6) is 0.686. The number of rotatable bonds is 9. The Kier molecular flexibility index (Phi) is 8.15. The number of hydrogen-bond donors (Lipinski definition) is 4. The Morgan fingerprint density at radius 1 is 1.43 bits per heavy atom. The lowest BCUT2D eigenvalue weighted by Crippen LogP contribution is -2.35. The second-order valence-electron chi connectivity index (χ2n) is 5.63. The number of urea groups is 1. The number of benzene rings is 1. The minimum absolute atomic E-state index is 0.215. The van der Waals surface area contributed by atoms with Crippen LogP contribution in [0.3, 0.4) is 0 Å². The van der Waals surface area contributed by atoms with Gasteiger partial charge in [0.25, 0.3) is 0 Å². The Hall–Kier alpha value is -2.05. The summed E-state index contributed by atoms with van der Waals surface area (Å²) in [6, 6.07) is 5.40. The summed E-state index contributed by atoms with van der Waals surface area (Å²) in [5, 5.41) is 18.4. The SMILES string of the molecule is C=CCNC(=O)Nc1ccc(OCC(O)CNC(C)C)c(C)c1. The van der Waals surface area contributed by atoms with Crippen molar-refractivity contribution in [3.63, 3.8) is 0 Å². The molecule has 4 N–H and O–H groups in total. The van der Waals surface area contributed by atoms with Crippen LogP contribution in [0.2, 0.25) is 0 Å². The predicted octanol–water partition coefficient (Wildman–Crippen LogP) is 2.04. The van der Waals surface area contributed by atoms with Gasteiger partial charge in [0.15, 0.2) is 0 Å². The molecular formula is C17H27N3O3. The van der Waals surface area contributed by atoms with Crippen molar-refractivity contribution in [2.45, 2.75) is 32.9 Å². The van der Waals surface area contributed by atoms with E-state index in [-0.39, 0.29) is 12.6 Å². The summed E-state index contributed by atoms with van der Waals surface area (Å²) in [5.41, 5.74) is 1.56. The van der Waals surface area contributed by atoms with E-state index in [1.165, 1.54) is 0 Å². The third kappa shape index (κ3) is 7.67. The molecule has 6 nitrogen and oxygen atoms in total. The van der Waals surface area contributed by atoms with Crippen molar-refractivity contribution in [1.29, 1.82) is 0 Å². The molecule has 1 rings (SSSR count). The van der Waals surface area contributed by atoms with Crippen LogP contribution in [0.4, 0.5) is 10.5 Å². The molecule has 0 bridgehead atoms. The number of aryl methyl sites for hydroxylation is 1. The van der Waals surface area contributed by atoms with E-state index >= 15 is 0 Å². The molecule has 0 radical (unpaired) electrons. The van der Waals surface area contributed by atoms with E-state index in [0.717, 1.165) is 5.56 Å². The monoisotopic (exact) mass is 321 g/mol. The van der Waals surface area contributed by atoms with E-state index in [2.05, 4.69) is 22.5 Å². The zero-order valence-corrected chi connectivity index (χ0v) is 14.1. The van der Waals surface area contributed by atoms with E-state index in [4.69, 9.17) is 4.74 Å². The molecule has 0 aromatic heterocycles. The van der Waals surface area contributed by atoms with Crippen molar-refractivity contribution >= 4 is 11.7 Å². The van der Waals surface area contributed by atoms with Crippen molar-refractivity contribution in [2.24, 2.45) is 0 Å². The van der Waals surface area contributed by atoms with Crippen molar-refractivity contribution in [3.05, 3.63) is 36.4 Å². The van der Waals surface area contributed by atoms with Gasteiger partial charge in [-0.1, -0.05) is 19.9 Å². The molecule has 0 aliphatic rings. The number of anilines is 1. The van der Waals surface area contributed by atoms with Crippen LogP contribution < -0.4 is 20.7 Å². The Morgan fingerprint density at radius 2 is 2.17 bits per heavy atom. The lowest BCUT2D eigenvalue weighted by Gasteiger charge is -2.16. The topological polar surface area (TPSA) is 82.6 Å². The van der Waals surface area contributed by atoms with Gasteiger partial charge in [-0.3, -0.25) is 0 Å². The van der Waals surface area contributed by atoms with Crippen LogP contribution in [0.1, 0.15) is 19.4 Å². The van der Waals surface area contributed by atoms with Gasteiger partial charge in [0.05, 0.1) is 0 Å². The van der Waals surface area contributed by atoms with Gasteiger partial charge < -0.3 is 25.8 Å². The second-order valence-corrected chi connectivity index (χ2v) is 5.63. The van der Waals surface area contributed by atoms with E-state index in [0.29, 0.717) is 30.6 Å². The van der Waals surface area contributed by atoms with Crippen LogP contribution in [-0.2, 0) is 0 Å². The fourth-order valence-corrected chi connectivity index (χ4v) is 1.85. The molecule has 0 aliphatic heterocycles. The summed E-state index contributed by atoms with van der Waals surface area (Å²) in [6.07, 6.45) is 1.04. The summed E-state index contributed by atoms with van der Waals surface area (Å²) >= 11 is 0. The molecule has 128 valence electrons. The molecule has 6 heteroatoms. The Morgan fingerprint density at radius 3 is 2.78 bits per heavy atom. The van der Waals surface area contributed by atoms with Crippen molar-refractivity contribution < 1.29 is 14.6 Å². The smallest absolute Gasteiger partial charge is 0.319 e. The van der Waals surface area contributed by atoms with Crippen molar-refractivity contribution in [3.8, 4) is 5.75 Å². The van der Waals surface area contributed by atoms with Crippen LogP contribution in [0.25, 0.3) is 0 Å². The zero-order chi connectivity index (χ0) is 17.2. The molecule has 1 atom stereocenters. The molecule has 1 aromatic rings. The predicted molar refractivity (Wildman–Crippen MR) is 93.0 cm³/mol. The van der Waals surface area contributed by atoms with E-state index in [1.54, 1.807) is 18.2 Å². The first-order valence-electron chi connectivity index (χ1n) is 7.73. The second kappa shape index (κ2) is 9.86. The van der Waals surface area contributed by atoms with Gasteiger partial charge in [-0.15, -0.1) is 6.58 Å². The highest BCUT2D eigenvalue weighted by atomic mass is 16.5. The number of aliphatic hydroxyl groups excluding tert-OH is 1. The fourth-order valence-electron chi connectivity index (χ4n) is 1.85. The quantitative estimate of drug-likeness (QED) is 0.525. The normalized spacial score (nSPS) is 11.9. The minimum atomic E-state index is -0.570. The van der Waals surface area contributed by atoms with Gasteiger partial charge in [0, 0.05) is 24.8 Å². The van der Waals surface area contributed by atoms with Crippen LogP contribution in [0.15, 0.2) is 30.9 Å². The highest BCUT2D eigenvalue weighted by molar-refractivity contribution is 5.89. The van der Waals surface area contributed by atoms with Gasteiger partial charge in [0.2, 0.25) is 0 Å². The molecular weight excluding hydrogens is 294 g/mol. The van der Waals surface area contributed by atoms with Crippen LogP contribution >= 0.6 is 0 Å². The van der Waals surface area contributed by atoms with Gasteiger partial charge in [-0.25, -0.2) is 4.79 Å². The van der Waals surface area contributed by atoms with Gasteiger partial charge in [-0.05, 0) is 30.7 Å². The fraction of sp³-hybridized carbons (Fsp3) is 0.471. The molecule has 1 unspecified atom stereocenters. The molecule has 0 aliphatic carbocycles. The molecule has 0 heterocycles. The Bertz CT molecular complexity index is 518. The first-order valence-corrected chi connectivity index (χ1v) is 7.73. The van der Waals surface area contributed by atoms with Gasteiger partial charge in [-0.2, -0.15) is 0 Å². The van der Waals surface area contributed by atoms with Gasteiger partial charge >= 0.3 is 6.03 Å². The lowest BCUT2D eigenvalue weighted by atomic mass is 10.2. The number of carbonyl (C=O) groups excluding carboxylic acids is 1. The van der Waals surface area contributed by atoms with Crippen molar-refractivity contribution in [2.75, 3.05) is 25.0 Å². The first-order chi connectivity index (χ1) is 10.9. The van der Waals surface area contributed by atoms with Gasteiger partial charge in [0.1, 0.15) is 18.5 Å². The maximum absolute atomic E-state index is 11.6. The number of hydrogen-bond acceptors (Lipinski definition) is 4. The summed E-state index contributed by atoms with van der Waals surface area (Å²) in [6.45, 7) is 10.6.